The number of aromatic nitrogens is 2. The fourth-order valence-corrected chi connectivity index (χ4v) is 1.05. The van der Waals surface area contributed by atoms with Gasteiger partial charge in [0.1, 0.15) is 11.5 Å². The lowest BCUT2D eigenvalue weighted by molar-refractivity contribution is -0.117. The largest absolute Gasteiger partial charge is 0.382 e. The zero-order chi connectivity index (χ0) is 11.3. The van der Waals surface area contributed by atoms with Gasteiger partial charge in [0.2, 0.25) is 5.91 Å². The fourth-order valence-electron chi connectivity index (χ4n) is 1.05. The Morgan fingerprint density at radius 2 is 2.47 bits per heavy atom. The number of nitrogens with two attached hydrogens (primary N) is 1. The van der Waals surface area contributed by atoms with Gasteiger partial charge in [-0.3, -0.25) is 10.2 Å². The van der Waals surface area contributed by atoms with Gasteiger partial charge in [0.25, 0.3) is 0 Å². The summed E-state index contributed by atoms with van der Waals surface area (Å²) in [6, 6.07) is 1.57. The summed E-state index contributed by atoms with van der Waals surface area (Å²) < 4.78 is 0. The molecule has 1 amide bonds. The van der Waals surface area contributed by atoms with Crippen molar-refractivity contribution in [1.82, 2.24) is 9.89 Å². The highest BCUT2D eigenvalue weighted by atomic mass is 16.2. The van der Waals surface area contributed by atoms with Gasteiger partial charge in [0.15, 0.2) is 0 Å². The van der Waals surface area contributed by atoms with E-state index in [1.165, 1.54) is 4.79 Å². The first kappa shape index (κ1) is 11.2. The molecule has 1 heterocycles. The van der Waals surface area contributed by atoms with Crippen LogP contribution >= 0.6 is 0 Å². The minimum atomic E-state index is -0.114. The third-order valence-corrected chi connectivity index (χ3v) is 1.86. The molecule has 0 saturated heterocycles. The van der Waals surface area contributed by atoms with E-state index in [2.05, 4.69) is 10.5 Å². The third kappa shape index (κ3) is 3.41. The van der Waals surface area contributed by atoms with Crippen molar-refractivity contribution in [2.24, 2.45) is 5.73 Å². The Bertz CT molecular complexity index is 357. The van der Waals surface area contributed by atoms with Gasteiger partial charge in [0, 0.05) is 12.6 Å². The van der Waals surface area contributed by atoms with E-state index in [1.54, 1.807) is 12.3 Å². The van der Waals surface area contributed by atoms with Crippen LogP contribution < -0.4 is 11.2 Å². The number of amides is 1. The molecule has 0 saturated carbocycles. The first-order valence-electron chi connectivity index (χ1n) is 4.83. The van der Waals surface area contributed by atoms with Crippen LogP contribution in [0, 0.1) is 5.41 Å². The number of rotatable bonds is 5. The number of hydrogen-bond acceptors (Lipinski definition) is 3. The molecule has 15 heavy (non-hydrogen) atoms. The number of carbonyl (C=O) groups is 1. The van der Waals surface area contributed by atoms with Gasteiger partial charge in [-0.05, 0) is 12.5 Å². The standard InChI is InChI=1S/C9H15N5O/c1-2-3-4-8(15)13-14-6-5-7(12-14)9(10)11/h5-6H,2-4H2,1H3,(H3,10,11)(H,13,15). The van der Waals surface area contributed by atoms with Crippen molar-refractivity contribution in [3.63, 3.8) is 0 Å². The summed E-state index contributed by atoms with van der Waals surface area (Å²) >= 11 is 0. The summed E-state index contributed by atoms with van der Waals surface area (Å²) in [4.78, 5) is 12.6. The Morgan fingerprint density at radius 1 is 1.73 bits per heavy atom. The predicted octanol–water partition coefficient (Wildman–Crippen LogP) is 0.427. The predicted molar refractivity (Wildman–Crippen MR) is 57.1 cm³/mol. The van der Waals surface area contributed by atoms with Gasteiger partial charge in [-0.1, -0.05) is 13.3 Å². The van der Waals surface area contributed by atoms with Crippen LogP contribution in [0.3, 0.4) is 0 Å². The second-order valence-electron chi connectivity index (χ2n) is 3.20. The Morgan fingerprint density at radius 3 is 3.00 bits per heavy atom. The molecule has 1 aromatic heterocycles. The van der Waals surface area contributed by atoms with Crippen LogP contribution in [-0.4, -0.2) is 21.6 Å². The molecule has 0 unspecified atom stereocenters. The molecule has 1 rings (SSSR count). The molecule has 0 radical (unpaired) electrons. The number of nitrogens with zero attached hydrogens (tertiary/aromatic N) is 2. The van der Waals surface area contributed by atoms with Gasteiger partial charge < -0.3 is 5.73 Å². The molecule has 82 valence electrons. The lowest BCUT2D eigenvalue weighted by Gasteiger charge is -2.03. The number of nitrogen functional groups attached to an aromatic ring is 1. The Balaban J connectivity index is 2.50. The van der Waals surface area contributed by atoms with Crippen LogP contribution in [0.15, 0.2) is 12.3 Å². The fraction of sp³-hybridized carbons (Fsp3) is 0.444. The molecule has 0 fully saturated rings. The maximum atomic E-state index is 11.3. The molecule has 0 bridgehead atoms. The van der Waals surface area contributed by atoms with Crippen molar-refractivity contribution < 1.29 is 4.79 Å². The average Bonchev–Trinajstić information content (AvgIpc) is 2.63. The van der Waals surface area contributed by atoms with Gasteiger partial charge in [-0.2, -0.15) is 4.79 Å². The zero-order valence-corrected chi connectivity index (χ0v) is 8.66. The van der Waals surface area contributed by atoms with Crippen LogP contribution in [-0.2, 0) is 4.79 Å². The monoisotopic (exact) mass is 209 g/mol. The van der Waals surface area contributed by atoms with Crippen LogP contribution in [0.1, 0.15) is 31.9 Å². The third-order valence-electron chi connectivity index (χ3n) is 1.86. The van der Waals surface area contributed by atoms with Crippen molar-refractivity contribution in [3.05, 3.63) is 18.0 Å². The molecule has 1 aromatic rings. The van der Waals surface area contributed by atoms with Crippen LogP contribution in [0.25, 0.3) is 0 Å². The quantitative estimate of drug-likeness (QED) is 0.484. The molecule has 6 nitrogen and oxygen atoms in total. The lowest BCUT2D eigenvalue weighted by Crippen LogP contribution is -2.23. The maximum absolute atomic E-state index is 11.3. The van der Waals surface area contributed by atoms with Gasteiger partial charge in [0.05, 0.1) is 0 Å². The van der Waals surface area contributed by atoms with Crippen molar-refractivity contribution in [2.45, 2.75) is 26.2 Å². The Kier molecular flexibility index (Phi) is 3.84. The Hall–Kier alpha value is -1.85. The van der Waals surface area contributed by atoms with E-state index in [0.29, 0.717) is 12.1 Å². The molecule has 4 N–H and O–H groups in total. The summed E-state index contributed by atoms with van der Waals surface area (Å²) in [6.45, 7) is 2.02. The topological polar surface area (TPSA) is 96.8 Å². The summed E-state index contributed by atoms with van der Waals surface area (Å²) in [7, 11) is 0. The SMILES string of the molecule is CCCCC(=O)Nn1ccc(C(=N)N)n1. The van der Waals surface area contributed by atoms with Gasteiger partial charge in [-0.25, -0.2) is 5.43 Å². The first-order chi connectivity index (χ1) is 7.13. The highest BCUT2D eigenvalue weighted by molar-refractivity contribution is 5.93. The van der Waals surface area contributed by atoms with E-state index >= 15 is 0 Å². The minimum absolute atomic E-state index is 0.0879. The van der Waals surface area contributed by atoms with Gasteiger partial charge in [-0.15, -0.1) is 5.10 Å². The number of carbonyl (C=O) groups excluding carboxylic acids is 1. The minimum Gasteiger partial charge on any atom is -0.382 e. The number of nitrogens with one attached hydrogen (secondary N) is 2. The van der Waals surface area contributed by atoms with Crippen molar-refractivity contribution in [3.8, 4) is 0 Å². The van der Waals surface area contributed by atoms with Crippen LogP contribution in [0.4, 0.5) is 0 Å². The van der Waals surface area contributed by atoms with Crippen LogP contribution in [0.5, 0.6) is 0 Å². The van der Waals surface area contributed by atoms with Crippen LogP contribution in [0.2, 0.25) is 0 Å². The van der Waals surface area contributed by atoms with E-state index in [-0.39, 0.29) is 11.7 Å². The normalized spacial score (nSPS) is 9.93. The summed E-state index contributed by atoms with van der Waals surface area (Å²) in [5.41, 5.74) is 8.15. The highest BCUT2D eigenvalue weighted by Crippen LogP contribution is 1.96. The lowest BCUT2D eigenvalue weighted by atomic mass is 10.2. The summed E-state index contributed by atoms with van der Waals surface area (Å²) in [5, 5.41) is 11.0. The average molecular weight is 209 g/mol. The van der Waals surface area contributed by atoms with E-state index in [4.69, 9.17) is 11.1 Å². The highest BCUT2D eigenvalue weighted by Gasteiger charge is 2.04. The van der Waals surface area contributed by atoms with E-state index in [0.717, 1.165) is 12.8 Å². The molecule has 0 aliphatic heterocycles. The van der Waals surface area contributed by atoms with E-state index in [1.807, 2.05) is 6.92 Å². The van der Waals surface area contributed by atoms with Crippen molar-refractivity contribution >= 4 is 11.7 Å². The second-order valence-corrected chi connectivity index (χ2v) is 3.20. The maximum Gasteiger partial charge on any atom is 0.240 e. The zero-order valence-electron chi connectivity index (χ0n) is 8.66. The number of hydrogen-bond donors (Lipinski definition) is 3. The number of amidine groups is 1. The molecular weight excluding hydrogens is 194 g/mol. The number of unbranched alkanes of at least 4 members (excludes halogenated alkanes) is 1. The molecule has 0 spiro atoms. The smallest absolute Gasteiger partial charge is 0.240 e. The van der Waals surface area contributed by atoms with Crippen molar-refractivity contribution in [1.29, 1.82) is 5.41 Å². The molecule has 6 heteroatoms. The first-order valence-corrected chi connectivity index (χ1v) is 4.83. The van der Waals surface area contributed by atoms with Gasteiger partial charge >= 0.3 is 0 Å². The van der Waals surface area contributed by atoms with E-state index in [9.17, 15) is 4.79 Å². The molecular formula is C9H15N5O. The Labute approximate surface area is 87.9 Å². The summed E-state index contributed by atoms with van der Waals surface area (Å²) in [5.74, 6) is -0.202. The summed E-state index contributed by atoms with van der Waals surface area (Å²) in [6.07, 6.45) is 3.87. The second kappa shape index (κ2) is 5.14. The van der Waals surface area contributed by atoms with E-state index < -0.39 is 0 Å². The molecule has 0 atom stereocenters. The molecule has 0 aliphatic rings. The molecule has 0 aromatic carbocycles. The van der Waals surface area contributed by atoms with Crippen molar-refractivity contribution in [2.75, 3.05) is 5.43 Å². The molecule has 0 aliphatic carbocycles.